The minimum Gasteiger partial charge on any atom is -0.389 e. The van der Waals surface area contributed by atoms with Gasteiger partial charge in [0.25, 0.3) is 0 Å². The summed E-state index contributed by atoms with van der Waals surface area (Å²) in [6.45, 7) is 10.7. The van der Waals surface area contributed by atoms with E-state index < -0.39 is 5.60 Å². The van der Waals surface area contributed by atoms with Crippen molar-refractivity contribution in [3.05, 3.63) is 22.4 Å². The van der Waals surface area contributed by atoms with Gasteiger partial charge in [-0.1, -0.05) is 6.07 Å². The van der Waals surface area contributed by atoms with E-state index in [4.69, 9.17) is 0 Å². The van der Waals surface area contributed by atoms with Gasteiger partial charge in [-0.25, -0.2) is 4.79 Å². The van der Waals surface area contributed by atoms with Gasteiger partial charge < -0.3 is 15.3 Å². The summed E-state index contributed by atoms with van der Waals surface area (Å²) in [7, 11) is 0. The number of carbonyl (C=O) groups excluding carboxylic acids is 1. The summed E-state index contributed by atoms with van der Waals surface area (Å²) in [6, 6.07) is 4.44. The second-order valence-corrected chi connectivity index (χ2v) is 8.26. The first-order chi connectivity index (χ1) is 10.7. The van der Waals surface area contributed by atoms with E-state index in [0.29, 0.717) is 13.1 Å². The second kappa shape index (κ2) is 7.64. The van der Waals surface area contributed by atoms with Crippen LogP contribution < -0.4 is 5.32 Å². The van der Waals surface area contributed by atoms with E-state index in [0.717, 1.165) is 19.5 Å². The highest BCUT2D eigenvalue weighted by atomic mass is 32.1. The quantitative estimate of drug-likeness (QED) is 0.864. The molecule has 5 nitrogen and oxygen atoms in total. The molecular weight excluding hydrogens is 310 g/mol. The van der Waals surface area contributed by atoms with Crippen LogP contribution in [0.15, 0.2) is 17.5 Å². The molecule has 6 heteroatoms. The number of aliphatic hydroxyl groups is 1. The van der Waals surface area contributed by atoms with E-state index in [1.165, 1.54) is 4.88 Å². The number of urea groups is 1. The number of piperazine rings is 1. The molecule has 1 aromatic rings. The van der Waals surface area contributed by atoms with E-state index in [1.54, 1.807) is 11.3 Å². The number of nitrogens with zero attached hydrogens (tertiary/aromatic N) is 2. The maximum absolute atomic E-state index is 12.5. The van der Waals surface area contributed by atoms with Crippen molar-refractivity contribution in [3.63, 3.8) is 0 Å². The fraction of sp³-hybridized carbons (Fsp3) is 0.706. The van der Waals surface area contributed by atoms with Crippen LogP contribution in [-0.2, 0) is 6.42 Å². The molecule has 0 aliphatic carbocycles. The number of carbonyl (C=O) groups is 1. The van der Waals surface area contributed by atoms with Gasteiger partial charge >= 0.3 is 6.03 Å². The molecule has 2 amide bonds. The predicted octanol–water partition coefficient (Wildman–Crippen LogP) is 2.17. The Hall–Kier alpha value is -1.11. The molecule has 130 valence electrons. The molecule has 0 aromatic carbocycles. The Morgan fingerprint density at radius 1 is 1.52 bits per heavy atom. The molecule has 2 N–H and O–H groups in total. The lowest BCUT2D eigenvalue weighted by atomic mass is 10.1. The van der Waals surface area contributed by atoms with Crippen LogP contribution in [-0.4, -0.2) is 64.8 Å². The van der Waals surface area contributed by atoms with Crippen LogP contribution in [0.1, 0.15) is 32.6 Å². The molecule has 0 spiro atoms. The first-order valence-electron chi connectivity index (χ1n) is 8.29. The molecule has 1 fully saturated rings. The number of thiophene rings is 1. The van der Waals surface area contributed by atoms with Crippen LogP contribution in [0.25, 0.3) is 0 Å². The Balaban J connectivity index is 1.81. The summed E-state index contributed by atoms with van der Waals surface area (Å²) in [6.07, 6.45) is 0.871. The third-order valence-corrected chi connectivity index (χ3v) is 4.94. The second-order valence-electron chi connectivity index (χ2n) is 7.22. The van der Waals surface area contributed by atoms with Gasteiger partial charge in [0.05, 0.1) is 5.60 Å². The lowest BCUT2D eigenvalue weighted by Crippen LogP contribution is -2.59. The lowest BCUT2D eigenvalue weighted by molar-refractivity contribution is 0.0118. The topological polar surface area (TPSA) is 55.8 Å². The van der Waals surface area contributed by atoms with Crippen molar-refractivity contribution in [1.29, 1.82) is 0 Å². The van der Waals surface area contributed by atoms with Crippen molar-refractivity contribution in [2.45, 2.75) is 51.8 Å². The van der Waals surface area contributed by atoms with Crippen LogP contribution in [0.5, 0.6) is 0 Å². The molecular formula is C17H29N3O2S. The number of hydrogen-bond donors (Lipinski definition) is 2. The molecule has 0 saturated carbocycles. The van der Waals surface area contributed by atoms with E-state index in [-0.39, 0.29) is 18.1 Å². The zero-order valence-electron chi connectivity index (χ0n) is 14.6. The predicted molar refractivity (Wildman–Crippen MR) is 94.9 cm³/mol. The maximum Gasteiger partial charge on any atom is 0.317 e. The van der Waals surface area contributed by atoms with Crippen LogP contribution in [0.3, 0.4) is 0 Å². The van der Waals surface area contributed by atoms with Crippen molar-refractivity contribution in [2.24, 2.45) is 0 Å². The minimum absolute atomic E-state index is 0.0180. The molecule has 1 aliphatic rings. The first-order valence-corrected chi connectivity index (χ1v) is 9.17. The third-order valence-electron chi connectivity index (χ3n) is 4.04. The summed E-state index contributed by atoms with van der Waals surface area (Å²) in [5, 5.41) is 15.1. The van der Waals surface area contributed by atoms with Gasteiger partial charge in [-0.3, -0.25) is 4.90 Å². The summed E-state index contributed by atoms with van der Waals surface area (Å²) in [4.78, 5) is 17.9. The number of amides is 2. The average Bonchev–Trinajstić information content (AvgIpc) is 2.89. The van der Waals surface area contributed by atoms with Gasteiger partial charge in [0.15, 0.2) is 0 Å². The molecule has 2 rings (SSSR count). The van der Waals surface area contributed by atoms with Crippen LogP contribution in [0.2, 0.25) is 0 Å². The number of β-amino-alcohol motifs (C(OH)–C–C–N with tert-alkyl or cyclic N) is 1. The average molecular weight is 340 g/mol. The van der Waals surface area contributed by atoms with Gasteiger partial charge in [0.2, 0.25) is 0 Å². The Morgan fingerprint density at radius 3 is 2.83 bits per heavy atom. The highest BCUT2D eigenvalue weighted by Gasteiger charge is 2.30. The van der Waals surface area contributed by atoms with Crippen molar-refractivity contribution in [2.75, 3.05) is 26.2 Å². The van der Waals surface area contributed by atoms with E-state index >= 15 is 0 Å². The van der Waals surface area contributed by atoms with Gasteiger partial charge in [0, 0.05) is 49.6 Å². The highest BCUT2D eigenvalue weighted by Crippen LogP contribution is 2.15. The Kier molecular flexibility index (Phi) is 6.06. The summed E-state index contributed by atoms with van der Waals surface area (Å²) < 4.78 is 0. The van der Waals surface area contributed by atoms with Crippen LogP contribution in [0.4, 0.5) is 4.79 Å². The zero-order valence-corrected chi connectivity index (χ0v) is 15.4. The number of hydrogen-bond acceptors (Lipinski definition) is 4. The molecule has 1 aliphatic heterocycles. The van der Waals surface area contributed by atoms with E-state index in [9.17, 15) is 9.90 Å². The molecule has 2 atom stereocenters. The highest BCUT2D eigenvalue weighted by molar-refractivity contribution is 7.09. The Labute approximate surface area is 143 Å². The third kappa shape index (κ3) is 5.79. The maximum atomic E-state index is 12.5. The summed E-state index contributed by atoms with van der Waals surface area (Å²) in [5.41, 5.74) is -0.695. The summed E-state index contributed by atoms with van der Waals surface area (Å²) in [5.74, 6) is 0. The van der Waals surface area contributed by atoms with Crippen molar-refractivity contribution >= 4 is 17.4 Å². The minimum atomic E-state index is -0.695. The molecule has 23 heavy (non-hydrogen) atoms. The molecule has 0 radical (unpaired) electrons. The molecule has 1 aromatic heterocycles. The van der Waals surface area contributed by atoms with Crippen molar-refractivity contribution in [3.8, 4) is 0 Å². The fourth-order valence-electron chi connectivity index (χ4n) is 3.10. The van der Waals surface area contributed by atoms with E-state index in [2.05, 4.69) is 28.6 Å². The monoisotopic (exact) mass is 339 g/mol. The SMILES string of the molecule is C[C@@H](Cc1cccs1)NC(=O)N1CCN(CC(C)(C)O)C[C@@H]1C. The van der Waals surface area contributed by atoms with Crippen molar-refractivity contribution in [1.82, 2.24) is 15.1 Å². The lowest BCUT2D eigenvalue weighted by Gasteiger charge is -2.41. The van der Waals surface area contributed by atoms with E-state index in [1.807, 2.05) is 31.7 Å². The van der Waals surface area contributed by atoms with Gasteiger partial charge in [-0.05, 0) is 39.1 Å². The standard InChI is InChI=1S/C17H29N3O2S/c1-13(10-15-6-5-9-23-15)18-16(21)20-8-7-19(11-14(20)2)12-17(3,4)22/h5-6,9,13-14,22H,7-8,10-12H2,1-4H3,(H,18,21)/t13-,14-/m0/s1. The molecule has 2 heterocycles. The largest absolute Gasteiger partial charge is 0.389 e. The summed E-state index contributed by atoms with van der Waals surface area (Å²) >= 11 is 1.72. The normalized spacial score (nSPS) is 21.3. The van der Waals surface area contributed by atoms with Crippen molar-refractivity contribution < 1.29 is 9.90 Å². The van der Waals surface area contributed by atoms with Gasteiger partial charge in [-0.15, -0.1) is 11.3 Å². The molecule has 0 bridgehead atoms. The van der Waals surface area contributed by atoms with Gasteiger partial charge in [0.1, 0.15) is 0 Å². The van der Waals surface area contributed by atoms with Crippen LogP contribution >= 0.6 is 11.3 Å². The van der Waals surface area contributed by atoms with Gasteiger partial charge in [-0.2, -0.15) is 0 Å². The fourth-order valence-corrected chi connectivity index (χ4v) is 3.94. The number of nitrogens with one attached hydrogen (secondary N) is 1. The Morgan fingerprint density at radius 2 is 2.26 bits per heavy atom. The zero-order chi connectivity index (χ0) is 17.0. The molecule has 1 saturated heterocycles. The molecule has 0 unspecified atom stereocenters. The number of rotatable bonds is 5. The Bertz CT molecular complexity index is 498. The first kappa shape index (κ1) is 18.2. The van der Waals surface area contributed by atoms with Crippen LogP contribution in [0, 0.1) is 0 Å². The smallest absolute Gasteiger partial charge is 0.317 e.